The molecule has 1 aromatic carbocycles. The van der Waals surface area contributed by atoms with Crippen LogP contribution in [0.2, 0.25) is 0 Å². The minimum absolute atomic E-state index is 0. The van der Waals surface area contributed by atoms with Crippen molar-refractivity contribution in [2.75, 3.05) is 19.6 Å². The molecular formula is C19H27Cl2N3OS. The second-order valence-corrected chi connectivity index (χ2v) is 7.29. The quantitative estimate of drug-likeness (QED) is 0.727. The highest BCUT2D eigenvalue weighted by atomic mass is 35.5. The molecule has 0 saturated carbocycles. The number of likely N-dealkylation sites (tertiary alicyclic amines) is 1. The third-order valence-electron chi connectivity index (χ3n) is 4.56. The Kier molecular flexibility index (Phi) is 10.2. The predicted octanol–water partition coefficient (Wildman–Crippen LogP) is 3.41. The summed E-state index contributed by atoms with van der Waals surface area (Å²) in [4.78, 5) is 16.2. The van der Waals surface area contributed by atoms with E-state index in [1.807, 2.05) is 30.3 Å². The molecular weight excluding hydrogens is 389 g/mol. The van der Waals surface area contributed by atoms with Crippen LogP contribution in [0.4, 0.5) is 0 Å². The van der Waals surface area contributed by atoms with Crippen molar-refractivity contribution in [3.8, 4) is 0 Å². The second-order valence-electron chi connectivity index (χ2n) is 6.32. The Morgan fingerprint density at radius 1 is 1.12 bits per heavy atom. The lowest BCUT2D eigenvalue weighted by Crippen LogP contribution is -2.45. The summed E-state index contributed by atoms with van der Waals surface area (Å²) in [5.41, 5.74) is 7.18. The van der Waals surface area contributed by atoms with E-state index in [9.17, 15) is 4.79 Å². The van der Waals surface area contributed by atoms with Gasteiger partial charge >= 0.3 is 0 Å². The van der Waals surface area contributed by atoms with Gasteiger partial charge < -0.3 is 11.1 Å². The Balaban J connectivity index is 0.00000169. The normalized spacial score (nSPS) is 16.2. The van der Waals surface area contributed by atoms with Crippen molar-refractivity contribution in [2.24, 2.45) is 5.73 Å². The Morgan fingerprint density at radius 3 is 2.42 bits per heavy atom. The van der Waals surface area contributed by atoms with Crippen molar-refractivity contribution < 1.29 is 4.79 Å². The van der Waals surface area contributed by atoms with Crippen LogP contribution in [0.25, 0.3) is 0 Å². The van der Waals surface area contributed by atoms with E-state index < -0.39 is 6.04 Å². The minimum atomic E-state index is -0.505. The van der Waals surface area contributed by atoms with Crippen LogP contribution < -0.4 is 11.1 Å². The summed E-state index contributed by atoms with van der Waals surface area (Å²) in [7, 11) is 0. The summed E-state index contributed by atoms with van der Waals surface area (Å²) in [6.07, 6.45) is 3.05. The maximum atomic E-state index is 12.4. The first kappa shape index (κ1) is 22.9. The molecule has 1 fully saturated rings. The summed E-state index contributed by atoms with van der Waals surface area (Å²) >= 11 is 1.76. The number of hydrogen-bond acceptors (Lipinski definition) is 4. The van der Waals surface area contributed by atoms with E-state index in [1.54, 1.807) is 11.3 Å². The van der Waals surface area contributed by atoms with Crippen molar-refractivity contribution in [3.63, 3.8) is 0 Å². The van der Waals surface area contributed by atoms with Gasteiger partial charge in [0.05, 0.1) is 12.1 Å². The van der Waals surface area contributed by atoms with Crippen LogP contribution in [0, 0.1) is 0 Å². The Hall–Kier alpha value is -1.11. The minimum Gasteiger partial charge on any atom is -0.353 e. The average molecular weight is 416 g/mol. The zero-order valence-electron chi connectivity index (χ0n) is 14.7. The van der Waals surface area contributed by atoms with E-state index in [0.29, 0.717) is 13.0 Å². The molecule has 2 atom stereocenters. The van der Waals surface area contributed by atoms with Crippen molar-refractivity contribution >= 4 is 42.1 Å². The van der Waals surface area contributed by atoms with Gasteiger partial charge in [0.15, 0.2) is 0 Å². The van der Waals surface area contributed by atoms with Crippen molar-refractivity contribution in [1.29, 1.82) is 0 Å². The van der Waals surface area contributed by atoms with Gasteiger partial charge in [0, 0.05) is 11.4 Å². The summed E-state index contributed by atoms with van der Waals surface area (Å²) < 4.78 is 0. The maximum Gasteiger partial charge on any atom is 0.237 e. The summed E-state index contributed by atoms with van der Waals surface area (Å²) in [6, 6.07) is 13.9. The Labute approximate surface area is 172 Å². The largest absolute Gasteiger partial charge is 0.353 e. The number of nitrogens with zero attached hydrogens (tertiary/aromatic N) is 1. The fourth-order valence-electron chi connectivity index (χ4n) is 3.23. The molecule has 7 heteroatoms. The SMILES string of the molecule is Cl.Cl.NC(Cc1ccccc1)C(=O)NCC(c1cccs1)N1CCCC1. The summed E-state index contributed by atoms with van der Waals surface area (Å²) in [6.45, 7) is 2.84. The number of nitrogens with one attached hydrogen (secondary N) is 1. The summed E-state index contributed by atoms with van der Waals surface area (Å²) in [5, 5.41) is 5.17. The first-order chi connectivity index (χ1) is 11.7. The maximum absolute atomic E-state index is 12.4. The Morgan fingerprint density at radius 2 is 1.81 bits per heavy atom. The number of nitrogens with two attached hydrogens (primary N) is 1. The predicted molar refractivity (Wildman–Crippen MR) is 113 cm³/mol. The van der Waals surface area contributed by atoms with Gasteiger partial charge in [-0.1, -0.05) is 36.4 Å². The molecule has 2 unspecified atom stereocenters. The molecule has 0 aliphatic carbocycles. The number of rotatable bonds is 7. The van der Waals surface area contributed by atoms with Gasteiger partial charge in [0.1, 0.15) is 0 Å². The van der Waals surface area contributed by atoms with Gasteiger partial charge in [0.25, 0.3) is 0 Å². The molecule has 3 N–H and O–H groups in total. The number of carbonyl (C=O) groups excluding carboxylic acids is 1. The monoisotopic (exact) mass is 415 g/mol. The van der Waals surface area contributed by atoms with Crippen LogP contribution in [-0.2, 0) is 11.2 Å². The molecule has 26 heavy (non-hydrogen) atoms. The topological polar surface area (TPSA) is 58.4 Å². The number of carbonyl (C=O) groups is 1. The van der Waals surface area contributed by atoms with E-state index in [4.69, 9.17) is 5.73 Å². The fraction of sp³-hybridized carbons (Fsp3) is 0.421. The van der Waals surface area contributed by atoms with Gasteiger partial charge in [-0.25, -0.2) is 0 Å². The van der Waals surface area contributed by atoms with Gasteiger partial charge in [-0.05, 0) is 49.4 Å². The standard InChI is InChI=1S/C19H25N3OS.2ClH/c20-16(13-15-7-2-1-3-8-15)19(23)21-14-17(18-9-6-12-24-18)22-10-4-5-11-22;;/h1-3,6-9,12,16-17H,4-5,10-11,13-14,20H2,(H,21,23);2*1H. The van der Waals surface area contributed by atoms with Crippen LogP contribution >= 0.6 is 36.2 Å². The lowest BCUT2D eigenvalue weighted by molar-refractivity contribution is -0.122. The molecule has 2 aromatic rings. The van der Waals surface area contributed by atoms with Crippen molar-refractivity contribution in [3.05, 3.63) is 58.3 Å². The third kappa shape index (κ3) is 6.25. The first-order valence-corrected chi connectivity index (χ1v) is 9.46. The van der Waals surface area contributed by atoms with Gasteiger partial charge in [-0.3, -0.25) is 9.69 Å². The number of amides is 1. The van der Waals surface area contributed by atoms with Crippen LogP contribution in [-0.4, -0.2) is 36.5 Å². The van der Waals surface area contributed by atoms with Crippen LogP contribution in [0.1, 0.15) is 29.3 Å². The summed E-state index contributed by atoms with van der Waals surface area (Å²) in [5.74, 6) is -0.0698. The van der Waals surface area contributed by atoms with E-state index in [2.05, 4.69) is 27.7 Å². The first-order valence-electron chi connectivity index (χ1n) is 8.58. The molecule has 1 amide bonds. The van der Waals surface area contributed by atoms with E-state index in [0.717, 1.165) is 18.7 Å². The zero-order chi connectivity index (χ0) is 16.8. The molecule has 0 radical (unpaired) electrons. The molecule has 1 saturated heterocycles. The number of hydrogen-bond donors (Lipinski definition) is 2. The van der Waals surface area contributed by atoms with Gasteiger partial charge in [0.2, 0.25) is 5.91 Å². The lowest BCUT2D eigenvalue weighted by atomic mass is 10.1. The van der Waals surface area contributed by atoms with Crippen LogP contribution in [0.5, 0.6) is 0 Å². The highest BCUT2D eigenvalue weighted by Gasteiger charge is 2.25. The smallest absolute Gasteiger partial charge is 0.237 e. The second kappa shape index (κ2) is 11.6. The van der Waals surface area contributed by atoms with Gasteiger partial charge in [-0.2, -0.15) is 0 Å². The zero-order valence-corrected chi connectivity index (χ0v) is 17.1. The molecule has 1 aromatic heterocycles. The molecule has 3 rings (SSSR count). The molecule has 1 aliphatic heterocycles. The third-order valence-corrected chi connectivity index (χ3v) is 5.53. The van der Waals surface area contributed by atoms with E-state index in [-0.39, 0.29) is 36.8 Å². The average Bonchev–Trinajstić information content (AvgIpc) is 3.30. The van der Waals surface area contributed by atoms with E-state index in [1.165, 1.54) is 17.7 Å². The van der Waals surface area contributed by atoms with Crippen LogP contribution in [0.3, 0.4) is 0 Å². The fourth-order valence-corrected chi connectivity index (χ4v) is 4.09. The Bertz CT molecular complexity index is 633. The molecule has 2 heterocycles. The number of halogens is 2. The number of benzene rings is 1. The van der Waals surface area contributed by atoms with Gasteiger partial charge in [-0.15, -0.1) is 36.2 Å². The van der Waals surface area contributed by atoms with E-state index >= 15 is 0 Å². The lowest BCUT2D eigenvalue weighted by Gasteiger charge is -2.27. The molecule has 4 nitrogen and oxygen atoms in total. The molecule has 144 valence electrons. The highest BCUT2D eigenvalue weighted by molar-refractivity contribution is 7.10. The highest BCUT2D eigenvalue weighted by Crippen LogP contribution is 2.27. The number of thiophene rings is 1. The molecule has 0 bridgehead atoms. The van der Waals surface area contributed by atoms with Crippen molar-refractivity contribution in [1.82, 2.24) is 10.2 Å². The molecule has 1 aliphatic rings. The van der Waals surface area contributed by atoms with Crippen molar-refractivity contribution in [2.45, 2.75) is 31.3 Å². The van der Waals surface area contributed by atoms with Crippen LogP contribution in [0.15, 0.2) is 47.8 Å². The molecule has 0 spiro atoms.